The van der Waals surface area contributed by atoms with Crippen molar-refractivity contribution in [3.63, 3.8) is 0 Å². The summed E-state index contributed by atoms with van der Waals surface area (Å²) in [5, 5.41) is 15.4. The lowest BCUT2D eigenvalue weighted by Gasteiger charge is -2.32. The highest BCUT2D eigenvalue weighted by atomic mass is 16.3. The highest BCUT2D eigenvalue weighted by Crippen LogP contribution is 2.19. The Morgan fingerprint density at radius 1 is 1.38 bits per heavy atom. The molecular formula is C11H21N3O2. The van der Waals surface area contributed by atoms with Crippen LogP contribution in [0.4, 0.5) is 0 Å². The second-order valence-corrected chi connectivity index (χ2v) is 4.77. The first-order valence-corrected chi connectivity index (χ1v) is 6.14. The van der Waals surface area contributed by atoms with E-state index in [4.69, 9.17) is 5.11 Å². The summed E-state index contributed by atoms with van der Waals surface area (Å²) in [4.78, 5) is 13.9. The van der Waals surface area contributed by atoms with Gasteiger partial charge >= 0.3 is 0 Å². The van der Waals surface area contributed by atoms with E-state index in [2.05, 4.69) is 15.5 Å². The molecule has 0 bridgehead atoms. The molecule has 0 aromatic carbocycles. The minimum atomic E-state index is -0.201. The van der Waals surface area contributed by atoms with Crippen LogP contribution in [0.3, 0.4) is 0 Å². The van der Waals surface area contributed by atoms with Gasteiger partial charge in [0.15, 0.2) is 0 Å². The van der Waals surface area contributed by atoms with Crippen molar-refractivity contribution in [1.29, 1.82) is 0 Å². The van der Waals surface area contributed by atoms with Gasteiger partial charge in [0.1, 0.15) is 0 Å². The van der Waals surface area contributed by atoms with E-state index in [-0.39, 0.29) is 18.1 Å². The third-order valence-electron chi connectivity index (χ3n) is 3.28. The number of aliphatic hydroxyl groups excluding tert-OH is 1. The zero-order chi connectivity index (χ0) is 11.4. The van der Waals surface area contributed by atoms with Crippen LogP contribution in [0.1, 0.15) is 19.3 Å². The van der Waals surface area contributed by atoms with Crippen LogP contribution in [-0.4, -0.2) is 60.8 Å². The Kier molecular flexibility index (Phi) is 4.15. The monoisotopic (exact) mass is 227 g/mol. The van der Waals surface area contributed by atoms with Crippen molar-refractivity contribution in [3.8, 4) is 0 Å². The molecule has 5 nitrogen and oxygen atoms in total. The van der Waals surface area contributed by atoms with Crippen molar-refractivity contribution < 1.29 is 9.90 Å². The molecule has 16 heavy (non-hydrogen) atoms. The van der Waals surface area contributed by atoms with Crippen LogP contribution in [0, 0.1) is 0 Å². The Labute approximate surface area is 96.2 Å². The molecule has 2 fully saturated rings. The first-order valence-electron chi connectivity index (χ1n) is 6.14. The maximum absolute atomic E-state index is 11.7. The summed E-state index contributed by atoms with van der Waals surface area (Å²) in [6.07, 6.45) is 2.34. The molecule has 0 radical (unpaired) electrons. The van der Waals surface area contributed by atoms with Crippen molar-refractivity contribution in [2.45, 2.75) is 31.4 Å². The molecule has 92 valence electrons. The van der Waals surface area contributed by atoms with Gasteiger partial charge in [0, 0.05) is 19.1 Å². The molecule has 0 aromatic rings. The third-order valence-corrected chi connectivity index (χ3v) is 3.28. The number of carbonyl (C=O) groups is 1. The molecular weight excluding hydrogens is 206 g/mol. The number of nitrogens with one attached hydrogen (secondary N) is 2. The van der Waals surface area contributed by atoms with Gasteiger partial charge in [-0.2, -0.15) is 0 Å². The van der Waals surface area contributed by atoms with E-state index in [0.717, 1.165) is 32.6 Å². The fourth-order valence-corrected chi connectivity index (χ4v) is 2.24. The minimum absolute atomic E-state index is 0.0961. The molecule has 3 N–H and O–H groups in total. The summed E-state index contributed by atoms with van der Waals surface area (Å²) in [5.41, 5.74) is 0. The van der Waals surface area contributed by atoms with Gasteiger partial charge in [0.2, 0.25) is 5.91 Å². The minimum Gasteiger partial charge on any atom is -0.393 e. The predicted molar refractivity (Wildman–Crippen MR) is 61.1 cm³/mol. The van der Waals surface area contributed by atoms with Gasteiger partial charge in [0.25, 0.3) is 0 Å². The fourth-order valence-electron chi connectivity index (χ4n) is 2.24. The summed E-state index contributed by atoms with van der Waals surface area (Å²) in [5.74, 6) is 0.0961. The van der Waals surface area contributed by atoms with Crippen LogP contribution < -0.4 is 10.6 Å². The van der Waals surface area contributed by atoms with Gasteiger partial charge < -0.3 is 15.7 Å². The van der Waals surface area contributed by atoms with Crippen molar-refractivity contribution in [1.82, 2.24) is 15.5 Å². The maximum atomic E-state index is 11.7. The number of nitrogens with zero attached hydrogens (tertiary/aromatic N) is 1. The molecule has 1 aliphatic carbocycles. The summed E-state index contributed by atoms with van der Waals surface area (Å²) in [7, 11) is 0. The van der Waals surface area contributed by atoms with Crippen LogP contribution in [0.15, 0.2) is 0 Å². The number of aliphatic hydroxyl groups is 1. The fraction of sp³-hybridized carbons (Fsp3) is 0.909. The van der Waals surface area contributed by atoms with E-state index >= 15 is 0 Å². The van der Waals surface area contributed by atoms with Gasteiger partial charge in [-0.05, 0) is 32.4 Å². The molecule has 1 amide bonds. The maximum Gasteiger partial charge on any atom is 0.234 e. The van der Waals surface area contributed by atoms with Gasteiger partial charge in [-0.15, -0.1) is 0 Å². The average molecular weight is 227 g/mol. The predicted octanol–water partition coefficient (Wildman–Crippen LogP) is -1.08. The molecule has 0 spiro atoms. The van der Waals surface area contributed by atoms with Crippen LogP contribution in [0.5, 0.6) is 0 Å². The first kappa shape index (κ1) is 11.8. The van der Waals surface area contributed by atoms with Gasteiger partial charge in [-0.25, -0.2) is 0 Å². The first-order chi connectivity index (χ1) is 7.74. The number of rotatable bonds is 3. The second-order valence-electron chi connectivity index (χ2n) is 4.77. The molecule has 2 aliphatic rings. The summed E-state index contributed by atoms with van der Waals surface area (Å²) >= 11 is 0. The molecule has 1 saturated heterocycles. The molecule has 1 aliphatic heterocycles. The number of hydrogen-bond donors (Lipinski definition) is 3. The Balaban J connectivity index is 1.65. The SMILES string of the molecule is O=C(CN1CCCNCC1)NC1CC(O)C1. The van der Waals surface area contributed by atoms with E-state index < -0.39 is 0 Å². The standard InChI is InChI=1S/C11H21N3O2/c15-10-6-9(7-10)13-11(16)8-14-4-1-2-12-3-5-14/h9-10,12,15H,1-8H2,(H,13,16). The molecule has 1 heterocycles. The molecule has 5 heteroatoms. The Morgan fingerprint density at radius 2 is 2.19 bits per heavy atom. The van der Waals surface area contributed by atoms with Crippen LogP contribution in [0.2, 0.25) is 0 Å². The van der Waals surface area contributed by atoms with Crippen LogP contribution >= 0.6 is 0 Å². The average Bonchev–Trinajstić information content (AvgIpc) is 2.44. The van der Waals surface area contributed by atoms with E-state index in [9.17, 15) is 4.79 Å². The zero-order valence-corrected chi connectivity index (χ0v) is 9.61. The summed E-state index contributed by atoms with van der Waals surface area (Å²) in [6.45, 7) is 4.45. The Hall–Kier alpha value is -0.650. The molecule has 0 unspecified atom stereocenters. The number of amides is 1. The highest BCUT2D eigenvalue weighted by molar-refractivity contribution is 5.78. The van der Waals surface area contributed by atoms with E-state index in [1.165, 1.54) is 0 Å². The Bertz CT molecular complexity index is 233. The van der Waals surface area contributed by atoms with E-state index in [1.807, 2.05) is 0 Å². The van der Waals surface area contributed by atoms with Crippen molar-refractivity contribution in [3.05, 3.63) is 0 Å². The second kappa shape index (κ2) is 5.61. The molecule has 2 rings (SSSR count). The largest absolute Gasteiger partial charge is 0.393 e. The van der Waals surface area contributed by atoms with Crippen LogP contribution in [0.25, 0.3) is 0 Å². The van der Waals surface area contributed by atoms with Crippen molar-refractivity contribution in [2.24, 2.45) is 0 Å². The lowest BCUT2D eigenvalue weighted by atomic mass is 9.89. The van der Waals surface area contributed by atoms with Crippen molar-refractivity contribution >= 4 is 5.91 Å². The molecule has 0 atom stereocenters. The lowest BCUT2D eigenvalue weighted by Crippen LogP contribution is -2.49. The summed E-state index contributed by atoms with van der Waals surface area (Å²) < 4.78 is 0. The van der Waals surface area contributed by atoms with Gasteiger partial charge in [-0.3, -0.25) is 9.69 Å². The normalized spacial score (nSPS) is 31.6. The zero-order valence-electron chi connectivity index (χ0n) is 9.61. The van der Waals surface area contributed by atoms with Gasteiger partial charge in [-0.1, -0.05) is 0 Å². The molecule has 1 saturated carbocycles. The quantitative estimate of drug-likeness (QED) is 0.574. The van der Waals surface area contributed by atoms with Crippen LogP contribution in [-0.2, 0) is 4.79 Å². The third kappa shape index (κ3) is 3.43. The van der Waals surface area contributed by atoms with E-state index in [0.29, 0.717) is 19.4 Å². The van der Waals surface area contributed by atoms with Gasteiger partial charge in [0.05, 0.1) is 12.6 Å². The highest BCUT2D eigenvalue weighted by Gasteiger charge is 2.28. The lowest BCUT2D eigenvalue weighted by molar-refractivity contribution is -0.124. The number of hydrogen-bond acceptors (Lipinski definition) is 4. The number of carbonyl (C=O) groups excluding carboxylic acids is 1. The summed E-state index contributed by atoms with van der Waals surface area (Å²) in [6, 6.07) is 0.201. The topological polar surface area (TPSA) is 64.6 Å². The van der Waals surface area contributed by atoms with Crippen molar-refractivity contribution in [2.75, 3.05) is 32.7 Å². The smallest absolute Gasteiger partial charge is 0.234 e. The van der Waals surface area contributed by atoms with E-state index in [1.54, 1.807) is 0 Å². The molecule has 0 aromatic heterocycles. The Morgan fingerprint density at radius 3 is 2.94 bits per heavy atom.